The molecule has 2 aromatic rings. The molecule has 2 aromatic heterocycles. The molecule has 1 aliphatic rings. The summed E-state index contributed by atoms with van der Waals surface area (Å²) >= 11 is 1.65. The van der Waals surface area contributed by atoms with E-state index in [1.165, 1.54) is 0 Å². The van der Waals surface area contributed by atoms with Crippen molar-refractivity contribution in [3.8, 4) is 0 Å². The van der Waals surface area contributed by atoms with Gasteiger partial charge < -0.3 is 10.1 Å². The third-order valence-corrected chi connectivity index (χ3v) is 4.12. The summed E-state index contributed by atoms with van der Waals surface area (Å²) in [4.78, 5) is 9.62. The van der Waals surface area contributed by atoms with Gasteiger partial charge in [-0.1, -0.05) is 0 Å². The first-order valence-corrected chi connectivity index (χ1v) is 6.75. The molecule has 1 N–H and O–H groups in total. The Morgan fingerprint density at radius 1 is 1.53 bits per heavy atom. The first-order valence-electron chi connectivity index (χ1n) is 5.87. The minimum Gasteiger partial charge on any atom is -0.381 e. The SMILES string of the molecule is CC(Nc1ncnc2sccc12)C1CCOC1. The molecule has 4 nitrogen and oxygen atoms in total. The number of thiophene rings is 1. The van der Waals surface area contributed by atoms with Gasteiger partial charge in [-0.05, 0) is 24.8 Å². The van der Waals surface area contributed by atoms with Crippen LogP contribution in [0.25, 0.3) is 10.2 Å². The molecule has 0 aliphatic carbocycles. The predicted molar refractivity (Wildman–Crippen MR) is 69.4 cm³/mol. The molecule has 0 aromatic carbocycles. The van der Waals surface area contributed by atoms with Crippen molar-refractivity contribution in [2.24, 2.45) is 5.92 Å². The molecule has 1 fully saturated rings. The average Bonchev–Trinajstić information content (AvgIpc) is 3.00. The van der Waals surface area contributed by atoms with Crippen molar-refractivity contribution in [2.75, 3.05) is 18.5 Å². The van der Waals surface area contributed by atoms with Gasteiger partial charge in [-0.2, -0.15) is 0 Å². The van der Waals surface area contributed by atoms with E-state index in [0.717, 1.165) is 35.7 Å². The summed E-state index contributed by atoms with van der Waals surface area (Å²) in [6.45, 7) is 3.93. The fraction of sp³-hybridized carbons (Fsp3) is 0.500. The summed E-state index contributed by atoms with van der Waals surface area (Å²) in [6.07, 6.45) is 2.76. The number of hydrogen-bond acceptors (Lipinski definition) is 5. The van der Waals surface area contributed by atoms with Crippen LogP contribution in [0.2, 0.25) is 0 Å². The lowest BCUT2D eigenvalue weighted by atomic mass is 10.0. The van der Waals surface area contributed by atoms with Crippen LogP contribution in [0.3, 0.4) is 0 Å². The van der Waals surface area contributed by atoms with Gasteiger partial charge >= 0.3 is 0 Å². The van der Waals surface area contributed by atoms with Crippen LogP contribution in [0, 0.1) is 5.92 Å². The van der Waals surface area contributed by atoms with E-state index in [4.69, 9.17) is 4.74 Å². The Morgan fingerprint density at radius 3 is 3.29 bits per heavy atom. The second kappa shape index (κ2) is 4.58. The molecule has 2 unspecified atom stereocenters. The van der Waals surface area contributed by atoms with Crippen LogP contribution in [0.4, 0.5) is 5.82 Å². The molecule has 5 heteroatoms. The van der Waals surface area contributed by atoms with Crippen LogP contribution in [0.1, 0.15) is 13.3 Å². The van der Waals surface area contributed by atoms with E-state index in [-0.39, 0.29) is 0 Å². The third-order valence-electron chi connectivity index (χ3n) is 3.30. The van der Waals surface area contributed by atoms with E-state index in [2.05, 4.69) is 28.3 Å². The Kier molecular flexibility index (Phi) is 2.94. The average molecular weight is 249 g/mol. The van der Waals surface area contributed by atoms with Gasteiger partial charge in [0.2, 0.25) is 0 Å². The van der Waals surface area contributed by atoms with Crippen molar-refractivity contribution in [1.29, 1.82) is 0 Å². The summed E-state index contributed by atoms with van der Waals surface area (Å²) in [7, 11) is 0. The maximum Gasteiger partial charge on any atom is 0.138 e. The van der Waals surface area contributed by atoms with E-state index in [1.54, 1.807) is 17.7 Å². The fourth-order valence-corrected chi connectivity index (χ4v) is 2.92. The zero-order valence-electron chi connectivity index (χ0n) is 9.72. The lowest BCUT2D eigenvalue weighted by Gasteiger charge is -2.19. The van der Waals surface area contributed by atoms with Crippen molar-refractivity contribution < 1.29 is 4.74 Å². The third kappa shape index (κ3) is 2.12. The van der Waals surface area contributed by atoms with Gasteiger partial charge in [-0.25, -0.2) is 9.97 Å². The monoisotopic (exact) mass is 249 g/mol. The number of nitrogens with one attached hydrogen (secondary N) is 1. The Bertz CT molecular complexity index is 507. The lowest BCUT2D eigenvalue weighted by Crippen LogP contribution is -2.26. The Hall–Kier alpha value is -1.20. The molecule has 3 rings (SSSR count). The van der Waals surface area contributed by atoms with Gasteiger partial charge in [-0.3, -0.25) is 0 Å². The second-order valence-electron chi connectivity index (χ2n) is 4.42. The molecule has 0 bridgehead atoms. The van der Waals surface area contributed by atoms with Crippen molar-refractivity contribution in [3.63, 3.8) is 0 Å². The molecule has 0 amide bonds. The van der Waals surface area contributed by atoms with E-state index >= 15 is 0 Å². The number of fused-ring (bicyclic) bond motifs is 1. The lowest BCUT2D eigenvalue weighted by molar-refractivity contribution is 0.183. The van der Waals surface area contributed by atoms with E-state index in [0.29, 0.717) is 12.0 Å². The number of nitrogens with zero attached hydrogens (tertiary/aromatic N) is 2. The van der Waals surface area contributed by atoms with Crippen LogP contribution < -0.4 is 5.32 Å². The van der Waals surface area contributed by atoms with Crippen LogP contribution in [-0.2, 0) is 4.74 Å². The van der Waals surface area contributed by atoms with E-state index < -0.39 is 0 Å². The minimum atomic E-state index is 0.385. The number of ether oxygens (including phenoxy) is 1. The number of rotatable bonds is 3. The van der Waals surface area contributed by atoms with Crippen LogP contribution in [-0.4, -0.2) is 29.2 Å². The molecule has 0 spiro atoms. The Morgan fingerprint density at radius 2 is 2.47 bits per heavy atom. The smallest absolute Gasteiger partial charge is 0.138 e. The highest BCUT2D eigenvalue weighted by Crippen LogP contribution is 2.26. The van der Waals surface area contributed by atoms with Crippen molar-refractivity contribution in [1.82, 2.24) is 9.97 Å². The number of anilines is 1. The highest BCUT2D eigenvalue weighted by Gasteiger charge is 2.22. The highest BCUT2D eigenvalue weighted by atomic mass is 32.1. The summed E-state index contributed by atoms with van der Waals surface area (Å²) in [5.74, 6) is 1.52. The van der Waals surface area contributed by atoms with Gasteiger partial charge in [0.1, 0.15) is 17.0 Å². The minimum absolute atomic E-state index is 0.385. The number of aromatic nitrogens is 2. The molecule has 90 valence electrons. The molecule has 3 heterocycles. The molecule has 17 heavy (non-hydrogen) atoms. The maximum atomic E-state index is 5.42. The maximum absolute atomic E-state index is 5.42. The topological polar surface area (TPSA) is 47.0 Å². The number of hydrogen-bond donors (Lipinski definition) is 1. The largest absolute Gasteiger partial charge is 0.381 e. The van der Waals surface area contributed by atoms with E-state index in [9.17, 15) is 0 Å². The Labute approximate surface area is 104 Å². The van der Waals surface area contributed by atoms with Gasteiger partial charge in [0.25, 0.3) is 0 Å². The van der Waals surface area contributed by atoms with Gasteiger partial charge in [0.15, 0.2) is 0 Å². The van der Waals surface area contributed by atoms with Gasteiger partial charge in [0, 0.05) is 18.6 Å². The summed E-state index contributed by atoms with van der Waals surface area (Å²) in [5, 5.41) is 6.65. The Balaban J connectivity index is 1.81. The molecule has 0 saturated carbocycles. The molecule has 2 atom stereocenters. The summed E-state index contributed by atoms with van der Waals surface area (Å²) in [6, 6.07) is 2.45. The predicted octanol–water partition coefficient (Wildman–Crippen LogP) is 2.53. The molecule has 0 radical (unpaired) electrons. The van der Waals surface area contributed by atoms with Crippen LogP contribution >= 0.6 is 11.3 Å². The summed E-state index contributed by atoms with van der Waals surface area (Å²) < 4.78 is 5.42. The van der Waals surface area contributed by atoms with E-state index in [1.807, 2.05) is 5.38 Å². The highest BCUT2D eigenvalue weighted by molar-refractivity contribution is 7.16. The molecular formula is C12H15N3OS. The second-order valence-corrected chi connectivity index (χ2v) is 5.31. The molecule has 1 saturated heterocycles. The summed E-state index contributed by atoms with van der Waals surface area (Å²) in [5.41, 5.74) is 0. The normalized spacial score (nSPS) is 21.8. The molecular weight excluding hydrogens is 234 g/mol. The zero-order chi connectivity index (χ0) is 11.7. The van der Waals surface area contributed by atoms with Crippen molar-refractivity contribution >= 4 is 27.4 Å². The van der Waals surface area contributed by atoms with Gasteiger partial charge in [0.05, 0.1) is 12.0 Å². The van der Waals surface area contributed by atoms with Crippen LogP contribution in [0.15, 0.2) is 17.8 Å². The standard InChI is InChI=1S/C12H15N3OS/c1-8(9-2-4-16-6-9)15-11-10-3-5-17-12(10)14-7-13-11/h3,5,7-9H,2,4,6H2,1H3,(H,13,14,15). The molecule has 1 aliphatic heterocycles. The first kappa shape index (κ1) is 10.9. The zero-order valence-corrected chi connectivity index (χ0v) is 10.5. The quantitative estimate of drug-likeness (QED) is 0.908. The van der Waals surface area contributed by atoms with Crippen molar-refractivity contribution in [2.45, 2.75) is 19.4 Å². The van der Waals surface area contributed by atoms with Crippen LogP contribution in [0.5, 0.6) is 0 Å². The van der Waals surface area contributed by atoms with Gasteiger partial charge in [-0.15, -0.1) is 11.3 Å². The van der Waals surface area contributed by atoms with Crippen molar-refractivity contribution in [3.05, 3.63) is 17.8 Å². The fourth-order valence-electron chi connectivity index (χ4n) is 2.19. The first-order chi connectivity index (χ1) is 8.34.